The molecule has 0 bridgehead atoms. The van der Waals surface area contributed by atoms with Crippen molar-refractivity contribution >= 4 is 39.2 Å². The van der Waals surface area contributed by atoms with Crippen LogP contribution < -0.4 is 10.0 Å². The zero-order chi connectivity index (χ0) is 27.0. The number of carbonyl (C=O) groups is 1. The summed E-state index contributed by atoms with van der Waals surface area (Å²) in [6.45, 7) is 6.55. The number of halogens is 2. The number of nitrogens with zero attached hydrogens (tertiary/aromatic N) is 2. The summed E-state index contributed by atoms with van der Waals surface area (Å²) >= 11 is 13.2. The molecule has 1 heterocycles. The molecule has 0 amide bonds. The summed E-state index contributed by atoms with van der Waals surface area (Å²) in [5.41, 5.74) is 1.58. The van der Waals surface area contributed by atoms with Crippen LogP contribution in [0.2, 0.25) is 10.0 Å². The number of sulfonamides is 1. The predicted molar refractivity (Wildman–Crippen MR) is 145 cm³/mol. The van der Waals surface area contributed by atoms with Crippen molar-refractivity contribution in [2.45, 2.75) is 95.3 Å². The highest BCUT2D eigenvalue weighted by Crippen LogP contribution is 2.39. The number of hydrogen-bond donors (Lipinski definition) is 3. The molecule has 0 aliphatic heterocycles. The Bertz CT molecular complexity index is 1240. The fourth-order valence-electron chi connectivity index (χ4n) is 5.16. The summed E-state index contributed by atoms with van der Waals surface area (Å²) in [5, 5.41) is 17.5. The summed E-state index contributed by atoms with van der Waals surface area (Å²) in [6, 6.07) is 5.31. The van der Waals surface area contributed by atoms with Gasteiger partial charge in [-0.15, -0.1) is 0 Å². The molecule has 2 aliphatic carbocycles. The van der Waals surface area contributed by atoms with E-state index in [4.69, 9.17) is 33.4 Å². The molecular formula is C26H36Cl2N4O4S. The zero-order valence-corrected chi connectivity index (χ0v) is 23.9. The number of nitrogens with one attached hydrogen (secondary N) is 2. The normalized spacial score (nSPS) is 21.1. The van der Waals surface area contributed by atoms with E-state index in [2.05, 4.69) is 10.0 Å². The maximum absolute atomic E-state index is 12.9. The van der Waals surface area contributed by atoms with E-state index in [9.17, 15) is 13.2 Å². The van der Waals surface area contributed by atoms with Crippen LogP contribution in [0.5, 0.6) is 0 Å². The van der Waals surface area contributed by atoms with Crippen LogP contribution in [-0.4, -0.2) is 40.9 Å². The smallest absolute Gasteiger partial charge is 0.306 e. The van der Waals surface area contributed by atoms with E-state index >= 15 is 0 Å². The molecule has 2 saturated carbocycles. The Hall–Kier alpha value is -1.65. The number of benzene rings is 1. The van der Waals surface area contributed by atoms with Gasteiger partial charge in [-0.3, -0.25) is 9.48 Å². The number of rotatable bonds is 9. The van der Waals surface area contributed by atoms with Gasteiger partial charge in [0.1, 0.15) is 4.90 Å². The molecule has 1 aromatic heterocycles. The molecule has 0 radical (unpaired) electrons. The minimum atomic E-state index is -3.86. The lowest BCUT2D eigenvalue weighted by atomic mass is 9.80. The second-order valence-corrected chi connectivity index (χ2v) is 13.8. The van der Waals surface area contributed by atoms with Gasteiger partial charge in [0.25, 0.3) is 0 Å². The van der Waals surface area contributed by atoms with Crippen LogP contribution in [0, 0.1) is 11.8 Å². The van der Waals surface area contributed by atoms with E-state index in [1.807, 2.05) is 10.7 Å². The van der Waals surface area contributed by atoms with Crippen molar-refractivity contribution in [3.63, 3.8) is 0 Å². The Kier molecular flexibility index (Phi) is 8.60. The van der Waals surface area contributed by atoms with Gasteiger partial charge in [-0.1, -0.05) is 42.5 Å². The van der Waals surface area contributed by atoms with E-state index in [1.165, 1.54) is 25.3 Å². The van der Waals surface area contributed by atoms with Crippen LogP contribution in [0.15, 0.2) is 23.1 Å². The first-order chi connectivity index (χ1) is 17.3. The number of aromatic nitrogens is 2. The van der Waals surface area contributed by atoms with Crippen molar-refractivity contribution in [1.82, 2.24) is 19.8 Å². The molecule has 4 rings (SSSR count). The molecule has 2 fully saturated rings. The van der Waals surface area contributed by atoms with Crippen molar-refractivity contribution in [3.05, 3.63) is 33.9 Å². The number of carboxylic acids is 1. The molecule has 11 heteroatoms. The Balaban J connectivity index is 1.61. The third-order valence-corrected chi connectivity index (χ3v) is 9.89. The lowest BCUT2D eigenvalue weighted by Gasteiger charge is -2.32. The first kappa shape index (κ1) is 28.4. The maximum Gasteiger partial charge on any atom is 0.306 e. The molecule has 1 aromatic carbocycles. The van der Waals surface area contributed by atoms with Gasteiger partial charge in [0, 0.05) is 30.2 Å². The minimum Gasteiger partial charge on any atom is -0.481 e. The van der Waals surface area contributed by atoms with Gasteiger partial charge in [0.2, 0.25) is 10.0 Å². The van der Waals surface area contributed by atoms with Gasteiger partial charge in [-0.2, -0.15) is 5.10 Å². The van der Waals surface area contributed by atoms with Crippen LogP contribution >= 0.6 is 23.2 Å². The first-order valence-electron chi connectivity index (χ1n) is 12.9. The molecule has 204 valence electrons. The van der Waals surface area contributed by atoms with Crippen molar-refractivity contribution in [2.24, 2.45) is 11.8 Å². The zero-order valence-electron chi connectivity index (χ0n) is 21.6. The molecule has 8 nitrogen and oxygen atoms in total. The minimum absolute atomic E-state index is 0.0183. The van der Waals surface area contributed by atoms with E-state index in [-0.39, 0.29) is 26.9 Å². The largest absolute Gasteiger partial charge is 0.481 e. The van der Waals surface area contributed by atoms with Gasteiger partial charge in [-0.25, -0.2) is 13.1 Å². The predicted octanol–water partition coefficient (Wildman–Crippen LogP) is 5.47. The molecule has 37 heavy (non-hydrogen) atoms. The second kappa shape index (κ2) is 11.2. The molecule has 3 N–H and O–H groups in total. The van der Waals surface area contributed by atoms with Crippen LogP contribution in [0.3, 0.4) is 0 Å². The molecule has 0 saturated heterocycles. The van der Waals surface area contributed by atoms with Gasteiger partial charge in [-0.05, 0) is 70.6 Å². The summed E-state index contributed by atoms with van der Waals surface area (Å²) in [5.74, 6) is -0.506. The molecule has 2 aromatic rings. The van der Waals surface area contributed by atoms with E-state index in [1.54, 1.807) is 26.8 Å². The fraction of sp³-hybridized carbons (Fsp3) is 0.615. The van der Waals surface area contributed by atoms with Gasteiger partial charge < -0.3 is 10.4 Å². The summed E-state index contributed by atoms with van der Waals surface area (Å²) in [6.07, 6.45) is 7.21. The van der Waals surface area contributed by atoms with Crippen molar-refractivity contribution in [3.8, 4) is 11.3 Å². The average Bonchev–Trinajstić information content (AvgIpc) is 3.15. The molecule has 0 unspecified atom stereocenters. The van der Waals surface area contributed by atoms with Crippen LogP contribution in [0.1, 0.15) is 71.4 Å². The standard InChI is InChI=1S/C26H36Cl2N4O4S/c1-26(2,3)31-37(35,36)22-10-9-20(23(27)24(22)28)21-13-19(14-29-18-11-17(12-18)25(33)34)30-32(21)15-16-7-5-4-6-8-16/h9-10,13,16-18,29,31H,4-8,11-12,14-15H2,1-3H3,(H,33,34). The van der Waals surface area contributed by atoms with E-state index in [0.717, 1.165) is 30.8 Å². The Morgan fingerprint density at radius 3 is 2.43 bits per heavy atom. The number of carboxylic acid groups (broad SMARTS) is 1. The van der Waals surface area contributed by atoms with Gasteiger partial charge in [0.05, 0.1) is 27.4 Å². The van der Waals surface area contributed by atoms with Crippen LogP contribution in [0.4, 0.5) is 0 Å². The van der Waals surface area contributed by atoms with Crippen LogP contribution in [0.25, 0.3) is 11.3 Å². The number of aliphatic carboxylic acids is 1. The van der Waals surface area contributed by atoms with Crippen molar-refractivity contribution in [2.75, 3.05) is 0 Å². The third-order valence-electron chi connectivity index (χ3n) is 7.10. The highest BCUT2D eigenvalue weighted by atomic mass is 35.5. The van der Waals surface area contributed by atoms with Gasteiger partial charge in [0.15, 0.2) is 0 Å². The highest BCUT2D eigenvalue weighted by Gasteiger charge is 2.34. The van der Waals surface area contributed by atoms with Crippen molar-refractivity contribution in [1.29, 1.82) is 0 Å². The quantitative estimate of drug-likeness (QED) is 0.368. The Morgan fingerprint density at radius 2 is 1.81 bits per heavy atom. The van der Waals surface area contributed by atoms with Gasteiger partial charge >= 0.3 is 5.97 Å². The maximum atomic E-state index is 12.9. The van der Waals surface area contributed by atoms with Crippen molar-refractivity contribution < 1.29 is 18.3 Å². The Morgan fingerprint density at radius 1 is 1.14 bits per heavy atom. The lowest BCUT2D eigenvalue weighted by Crippen LogP contribution is -2.43. The first-order valence-corrected chi connectivity index (χ1v) is 15.1. The topological polar surface area (TPSA) is 113 Å². The molecule has 0 atom stereocenters. The summed E-state index contributed by atoms with van der Waals surface area (Å²) in [7, 11) is -3.86. The highest BCUT2D eigenvalue weighted by molar-refractivity contribution is 7.89. The number of hydrogen-bond acceptors (Lipinski definition) is 5. The van der Waals surface area contributed by atoms with E-state index in [0.29, 0.717) is 30.9 Å². The fourth-order valence-corrected chi connectivity index (χ4v) is 7.45. The molecule has 2 aliphatic rings. The summed E-state index contributed by atoms with van der Waals surface area (Å²) in [4.78, 5) is 11.0. The van der Waals surface area contributed by atoms with Crippen LogP contribution in [-0.2, 0) is 27.9 Å². The lowest BCUT2D eigenvalue weighted by molar-refractivity contribution is -0.145. The molecular weight excluding hydrogens is 535 g/mol. The average molecular weight is 572 g/mol. The summed E-state index contributed by atoms with van der Waals surface area (Å²) < 4.78 is 30.5. The monoisotopic (exact) mass is 570 g/mol. The SMILES string of the molecule is CC(C)(C)NS(=O)(=O)c1ccc(-c2cc(CNC3CC(C(=O)O)C3)nn2CC2CCCCC2)c(Cl)c1Cl. The molecule has 0 spiro atoms. The van der Waals surface area contributed by atoms with E-state index < -0.39 is 21.5 Å². The third kappa shape index (κ3) is 6.87. The Labute approximate surface area is 229 Å². The second-order valence-electron chi connectivity index (χ2n) is 11.4.